The van der Waals surface area contributed by atoms with Crippen LogP contribution < -0.4 is 16.0 Å². The number of halogens is 2. The van der Waals surface area contributed by atoms with E-state index in [9.17, 15) is 14.4 Å². The highest BCUT2D eigenvalue weighted by molar-refractivity contribution is 6.43. The van der Waals surface area contributed by atoms with Crippen LogP contribution in [0.5, 0.6) is 0 Å². The molecule has 0 aromatic heterocycles. The molecule has 8 heteroatoms. The molecule has 142 valence electrons. The van der Waals surface area contributed by atoms with Gasteiger partial charge in [-0.15, -0.1) is 0 Å². The largest absolute Gasteiger partial charge is 0.340 e. The fourth-order valence-electron chi connectivity index (χ4n) is 2.19. The number of carbonyl (C=O) groups is 3. The van der Waals surface area contributed by atoms with Crippen LogP contribution in [-0.2, 0) is 9.59 Å². The number of anilines is 2. The second-order valence-corrected chi connectivity index (χ2v) is 6.55. The van der Waals surface area contributed by atoms with Crippen molar-refractivity contribution < 1.29 is 14.4 Å². The molecule has 0 aliphatic rings. The second kappa shape index (κ2) is 9.39. The van der Waals surface area contributed by atoms with Crippen molar-refractivity contribution in [1.29, 1.82) is 0 Å². The Hall–Kier alpha value is -2.57. The van der Waals surface area contributed by atoms with E-state index in [1.165, 1.54) is 6.07 Å². The summed E-state index contributed by atoms with van der Waals surface area (Å²) < 4.78 is 0. The van der Waals surface area contributed by atoms with Gasteiger partial charge in [-0.1, -0.05) is 42.3 Å². The summed E-state index contributed by atoms with van der Waals surface area (Å²) in [5.41, 5.74) is 1.26. The summed E-state index contributed by atoms with van der Waals surface area (Å²) in [6.45, 7) is 3.30. The van der Waals surface area contributed by atoms with Gasteiger partial charge in [0.05, 0.1) is 15.6 Å². The van der Waals surface area contributed by atoms with Crippen LogP contribution in [0.3, 0.4) is 0 Å². The van der Waals surface area contributed by atoms with Crippen LogP contribution in [0.25, 0.3) is 0 Å². The van der Waals surface area contributed by atoms with E-state index in [2.05, 4.69) is 16.0 Å². The molecule has 0 bridgehead atoms. The third-order valence-electron chi connectivity index (χ3n) is 3.67. The molecule has 1 atom stereocenters. The summed E-state index contributed by atoms with van der Waals surface area (Å²) in [6, 6.07) is 10.6. The van der Waals surface area contributed by atoms with Crippen molar-refractivity contribution in [2.45, 2.75) is 26.3 Å². The number of benzene rings is 2. The molecule has 0 radical (unpaired) electrons. The van der Waals surface area contributed by atoms with Crippen LogP contribution in [0, 0.1) is 0 Å². The van der Waals surface area contributed by atoms with Crippen molar-refractivity contribution in [3.63, 3.8) is 0 Å². The Morgan fingerprint density at radius 1 is 1.00 bits per heavy atom. The molecule has 0 aliphatic carbocycles. The Balaban J connectivity index is 2.01. The second-order valence-electron chi connectivity index (χ2n) is 5.77. The Morgan fingerprint density at radius 3 is 2.30 bits per heavy atom. The fourth-order valence-corrected chi connectivity index (χ4v) is 2.58. The predicted octanol–water partition coefficient (Wildman–Crippen LogP) is 4.10. The topological polar surface area (TPSA) is 87.3 Å². The molecule has 3 amide bonds. The van der Waals surface area contributed by atoms with Gasteiger partial charge in [0, 0.05) is 17.8 Å². The van der Waals surface area contributed by atoms with E-state index in [1.54, 1.807) is 50.2 Å². The lowest BCUT2D eigenvalue weighted by Gasteiger charge is -2.15. The Kier molecular flexibility index (Phi) is 7.21. The highest BCUT2D eigenvalue weighted by atomic mass is 35.5. The summed E-state index contributed by atoms with van der Waals surface area (Å²) >= 11 is 11.9. The number of carbonyl (C=O) groups excluding carboxylic acids is 3. The molecule has 3 N–H and O–H groups in total. The van der Waals surface area contributed by atoms with Crippen LogP contribution in [0.15, 0.2) is 42.5 Å². The van der Waals surface area contributed by atoms with Gasteiger partial charge in [-0.2, -0.15) is 0 Å². The molecule has 0 fully saturated rings. The Labute approximate surface area is 167 Å². The summed E-state index contributed by atoms with van der Waals surface area (Å²) in [6.07, 6.45) is 0.353. The lowest BCUT2D eigenvalue weighted by molar-refractivity contribution is -0.117. The molecule has 2 rings (SSSR count). The van der Waals surface area contributed by atoms with E-state index >= 15 is 0 Å². The monoisotopic (exact) mass is 407 g/mol. The van der Waals surface area contributed by atoms with Crippen LogP contribution >= 0.6 is 23.2 Å². The predicted molar refractivity (Wildman–Crippen MR) is 107 cm³/mol. The van der Waals surface area contributed by atoms with Crippen molar-refractivity contribution in [3.8, 4) is 0 Å². The van der Waals surface area contributed by atoms with Crippen LogP contribution in [0.2, 0.25) is 10.0 Å². The molecule has 0 saturated carbocycles. The van der Waals surface area contributed by atoms with E-state index in [4.69, 9.17) is 23.2 Å². The van der Waals surface area contributed by atoms with Gasteiger partial charge in [-0.3, -0.25) is 14.4 Å². The average molecular weight is 408 g/mol. The lowest BCUT2D eigenvalue weighted by atomic mass is 10.2. The molecule has 0 aliphatic heterocycles. The zero-order valence-corrected chi connectivity index (χ0v) is 16.3. The smallest absolute Gasteiger partial charge is 0.253 e. The van der Waals surface area contributed by atoms with Crippen molar-refractivity contribution in [2.75, 3.05) is 10.6 Å². The number of hydrogen-bond acceptors (Lipinski definition) is 3. The quantitative estimate of drug-likeness (QED) is 0.673. The Morgan fingerprint density at radius 2 is 1.63 bits per heavy atom. The highest BCUT2D eigenvalue weighted by Crippen LogP contribution is 2.25. The third kappa shape index (κ3) is 5.70. The molecule has 0 saturated heterocycles. The standard InChI is InChI=1S/C19H19Cl2N3O3/c1-3-16(25)23-12-6-4-7-13(10-12)24-18(26)11(2)22-19(27)14-8-5-9-15(20)17(14)21/h4-11H,3H2,1-2H3,(H,22,27)(H,23,25)(H,24,26). The highest BCUT2D eigenvalue weighted by Gasteiger charge is 2.19. The van der Waals surface area contributed by atoms with E-state index in [-0.39, 0.29) is 21.5 Å². The van der Waals surface area contributed by atoms with Gasteiger partial charge in [0.25, 0.3) is 5.91 Å². The first-order valence-corrected chi connectivity index (χ1v) is 9.03. The summed E-state index contributed by atoms with van der Waals surface area (Å²) in [4.78, 5) is 36.1. The molecule has 2 aromatic carbocycles. The number of hydrogen-bond donors (Lipinski definition) is 3. The summed E-state index contributed by atoms with van der Waals surface area (Å²) in [7, 11) is 0. The third-order valence-corrected chi connectivity index (χ3v) is 4.49. The van der Waals surface area contributed by atoms with E-state index < -0.39 is 17.9 Å². The first-order chi connectivity index (χ1) is 12.8. The number of nitrogens with one attached hydrogen (secondary N) is 3. The molecule has 27 heavy (non-hydrogen) atoms. The van der Waals surface area contributed by atoms with Gasteiger partial charge >= 0.3 is 0 Å². The van der Waals surface area contributed by atoms with Crippen molar-refractivity contribution in [1.82, 2.24) is 5.32 Å². The fraction of sp³-hybridized carbons (Fsp3) is 0.211. The zero-order valence-electron chi connectivity index (χ0n) is 14.8. The zero-order chi connectivity index (χ0) is 20.0. The molecule has 1 unspecified atom stereocenters. The Bertz CT molecular complexity index is 871. The van der Waals surface area contributed by atoms with Crippen molar-refractivity contribution >= 4 is 52.3 Å². The van der Waals surface area contributed by atoms with Crippen LogP contribution in [0.1, 0.15) is 30.6 Å². The number of rotatable bonds is 6. The SMILES string of the molecule is CCC(=O)Nc1cccc(NC(=O)C(C)NC(=O)c2cccc(Cl)c2Cl)c1. The van der Waals surface area contributed by atoms with Gasteiger partial charge < -0.3 is 16.0 Å². The summed E-state index contributed by atoms with van der Waals surface area (Å²) in [5, 5.41) is 8.37. The molecule has 6 nitrogen and oxygen atoms in total. The van der Waals surface area contributed by atoms with Crippen LogP contribution in [-0.4, -0.2) is 23.8 Å². The maximum absolute atomic E-state index is 12.3. The maximum Gasteiger partial charge on any atom is 0.253 e. The van der Waals surface area contributed by atoms with Gasteiger partial charge in [0.1, 0.15) is 6.04 Å². The van der Waals surface area contributed by atoms with E-state index in [1.807, 2.05) is 0 Å². The first kappa shape index (κ1) is 20.7. The molecule has 2 aromatic rings. The molecular formula is C19H19Cl2N3O3. The van der Waals surface area contributed by atoms with Crippen molar-refractivity contribution in [3.05, 3.63) is 58.1 Å². The molecule has 0 spiro atoms. The van der Waals surface area contributed by atoms with Gasteiger partial charge in [0.15, 0.2) is 0 Å². The van der Waals surface area contributed by atoms with Gasteiger partial charge in [-0.25, -0.2) is 0 Å². The minimum atomic E-state index is -0.818. The van der Waals surface area contributed by atoms with Gasteiger partial charge in [-0.05, 0) is 37.3 Å². The minimum Gasteiger partial charge on any atom is -0.340 e. The molecular weight excluding hydrogens is 389 g/mol. The minimum absolute atomic E-state index is 0.127. The normalized spacial score (nSPS) is 11.4. The first-order valence-electron chi connectivity index (χ1n) is 8.27. The molecule has 0 heterocycles. The number of amides is 3. The van der Waals surface area contributed by atoms with E-state index in [0.29, 0.717) is 17.8 Å². The van der Waals surface area contributed by atoms with E-state index in [0.717, 1.165) is 0 Å². The maximum atomic E-state index is 12.3. The lowest BCUT2D eigenvalue weighted by Crippen LogP contribution is -2.41. The van der Waals surface area contributed by atoms with Crippen molar-refractivity contribution in [2.24, 2.45) is 0 Å². The van der Waals surface area contributed by atoms with Gasteiger partial charge in [0.2, 0.25) is 11.8 Å². The average Bonchev–Trinajstić information content (AvgIpc) is 2.63. The van der Waals surface area contributed by atoms with Crippen LogP contribution in [0.4, 0.5) is 11.4 Å². The summed E-state index contributed by atoms with van der Waals surface area (Å²) in [5.74, 6) is -1.05.